The van der Waals surface area contributed by atoms with Crippen LogP contribution in [0.25, 0.3) is 0 Å². The number of hydrogen-bond donors (Lipinski definition) is 1. The van der Waals surface area contributed by atoms with Crippen LogP contribution in [0.2, 0.25) is 0 Å². The lowest BCUT2D eigenvalue weighted by Crippen LogP contribution is -2.17. The number of anilines is 2. The molecular formula is C16H19FN2O. The van der Waals surface area contributed by atoms with Crippen molar-refractivity contribution >= 4 is 11.4 Å². The summed E-state index contributed by atoms with van der Waals surface area (Å²) in [5, 5.41) is 0. The molecule has 2 rings (SSSR count). The maximum absolute atomic E-state index is 14.0. The van der Waals surface area contributed by atoms with Gasteiger partial charge in [-0.15, -0.1) is 0 Å². The van der Waals surface area contributed by atoms with Gasteiger partial charge in [0.15, 0.2) is 0 Å². The summed E-state index contributed by atoms with van der Waals surface area (Å²) in [5.74, 6) is 0.473. The SMILES string of the molecule is COc1cccc(N(C)c2cccc(F)c2C(C)N)c1. The molecule has 0 fully saturated rings. The molecule has 1 atom stereocenters. The monoisotopic (exact) mass is 274 g/mol. The zero-order chi connectivity index (χ0) is 14.7. The van der Waals surface area contributed by atoms with Crippen molar-refractivity contribution in [3.8, 4) is 5.75 Å². The van der Waals surface area contributed by atoms with Crippen LogP contribution in [0.4, 0.5) is 15.8 Å². The van der Waals surface area contributed by atoms with E-state index in [2.05, 4.69) is 0 Å². The van der Waals surface area contributed by atoms with Crippen LogP contribution >= 0.6 is 0 Å². The van der Waals surface area contributed by atoms with Gasteiger partial charge in [-0.1, -0.05) is 12.1 Å². The van der Waals surface area contributed by atoms with Crippen molar-refractivity contribution in [2.24, 2.45) is 5.73 Å². The fourth-order valence-electron chi connectivity index (χ4n) is 2.23. The Kier molecular flexibility index (Phi) is 4.25. The molecule has 0 aliphatic rings. The van der Waals surface area contributed by atoms with Gasteiger partial charge in [-0.25, -0.2) is 4.39 Å². The maximum atomic E-state index is 14.0. The summed E-state index contributed by atoms with van der Waals surface area (Å²) in [6.45, 7) is 1.78. The zero-order valence-corrected chi connectivity index (χ0v) is 11.9. The molecule has 2 aromatic carbocycles. The molecule has 3 nitrogen and oxygen atoms in total. The summed E-state index contributed by atoms with van der Waals surface area (Å²) in [6, 6.07) is 12.2. The fourth-order valence-corrected chi connectivity index (χ4v) is 2.23. The van der Waals surface area contributed by atoms with Crippen LogP contribution in [-0.2, 0) is 0 Å². The number of methoxy groups -OCH3 is 1. The minimum absolute atomic E-state index is 0.285. The molecule has 20 heavy (non-hydrogen) atoms. The second-order valence-corrected chi connectivity index (χ2v) is 4.72. The molecule has 1 unspecified atom stereocenters. The third-order valence-electron chi connectivity index (χ3n) is 3.29. The average molecular weight is 274 g/mol. The van der Waals surface area contributed by atoms with Gasteiger partial charge in [-0.05, 0) is 31.2 Å². The Labute approximate surface area is 118 Å². The van der Waals surface area contributed by atoms with Gasteiger partial charge in [0.05, 0.1) is 7.11 Å². The summed E-state index contributed by atoms with van der Waals surface area (Å²) < 4.78 is 19.2. The van der Waals surface area contributed by atoms with Crippen LogP contribution in [0.5, 0.6) is 5.75 Å². The van der Waals surface area contributed by atoms with E-state index >= 15 is 0 Å². The molecule has 0 spiro atoms. The van der Waals surface area contributed by atoms with E-state index in [1.807, 2.05) is 42.3 Å². The third kappa shape index (κ3) is 2.75. The van der Waals surface area contributed by atoms with E-state index in [9.17, 15) is 4.39 Å². The molecule has 0 bridgehead atoms. The number of halogens is 1. The average Bonchev–Trinajstić information content (AvgIpc) is 2.45. The molecule has 4 heteroatoms. The highest BCUT2D eigenvalue weighted by molar-refractivity contribution is 5.67. The van der Waals surface area contributed by atoms with Gasteiger partial charge in [0.2, 0.25) is 0 Å². The summed E-state index contributed by atoms with van der Waals surface area (Å²) in [7, 11) is 3.50. The summed E-state index contributed by atoms with van der Waals surface area (Å²) in [5.41, 5.74) is 8.08. The molecule has 0 saturated heterocycles. The fraction of sp³-hybridized carbons (Fsp3) is 0.250. The van der Waals surface area contributed by atoms with Gasteiger partial charge in [0, 0.05) is 36.1 Å². The van der Waals surface area contributed by atoms with E-state index in [0.29, 0.717) is 5.56 Å². The number of ether oxygens (including phenoxy) is 1. The molecule has 0 radical (unpaired) electrons. The Morgan fingerprint density at radius 1 is 1.20 bits per heavy atom. The predicted molar refractivity (Wildman–Crippen MR) is 80.1 cm³/mol. The second-order valence-electron chi connectivity index (χ2n) is 4.72. The van der Waals surface area contributed by atoms with Crippen molar-refractivity contribution in [1.82, 2.24) is 0 Å². The molecule has 0 amide bonds. The van der Waals surface area contributed by atoms with E-state index < -0.39 is 0 Å². The van der Waals surface area contributed by atoms with Gasteiger partial charge in [-0.3, -0.25) is 0 Å². The molecule has 0 saturated carbocycles. The van der Waals surface area contributed by atoms with Gasteiger partial charge < -0.3 is 15.4 Å². The van der Waals surface area contributed by atoms with Gasteiger partial charge in [0.1, 0.15) is 11.6 Å². The highest BCUT2D eigenvalue weighted by atomic mass is 19.1. The van der Waals surface area contributed by atoms with Crippen LogP contribution in [0.3, 0.4) is 0 Å². The normalized spacial score (nSPS) is 12.1. The first-order valence-corrected chi connectivity index (χ1v) is 6.46. The van der Waals surface area contributed by atoms with Crippen LogP contribution in [0.1, 0.15) is 18.5 Å². The molecule has 0 aromatic heterocycles. The molecule has 2 N–H and O–H groups in total. The number of nitrogens with two attached hydrogens (primary N) is 1. The van der Waals surface area contributed by atoms with E-state index in [-0.39, 0.29) is 11.9 Å². The Morgan fingerprint density at radius 3 is 2.55 bits per heavy atom. The summed E-state index contributed by atoms with van der Waals surface area (Å²) in [6.07, 6.45) is 0. The quantitative estimate of drug-likeness (QED) is 0.925. The first-order chi connectivity index (χ1) is 9.54. The molecule has 0 aliphatic heterocycles. The largest absolute Gasteiger partial charge is 0.497 e. The maximum Gasteiger partial charge on any atom is 0.130 e. The standard InChI is InChI=1S/C16H19FN2O/c1-11(18)16-14(17)8-5-9-15(16)19(2)12-6-4-7-13(10-12)20-3/h4-11H,18H2,1-3H3. The molecular weight excluding hydrogens is 255 g/mol. The minimum Gasteiger partial charge on any atom is -0.497 e. The Bertz CT molecular complexity index is 599. The lowest BCUT2D eigenvalue weighted by Gasteiger charge is -2.24. The number of nitrogens with zero attached hydrogens (tertiary/aromatic N) is 1. The number of hydrogen-bond acceptors (Lipinski definition) is 3. The smallest absolute Gasteiger partial charge is 0.130 e. The summed E-state index contributed by atoms with van der Waals surface area (Å²) >= 11 is 0. The van der Waals surface area contributed by atoms with Crippen molar-refractivity contribution in [1.29, 1.82) is 0 Å². The first kappa shape index (κ1) is 14.3. The third-order valence-corrected chi connectivity index (χ3v) is 3.29. The van der Waals surface area contributed by atoms with Crippen molar-refractivity contribution in [3.63, 3.8) is 0 Å². The van der Waals surface area contributed by atoms with Crippen molar-refractivity contribution in [3.05, 3.63) is 53.8 Å². The second kappa shape index (κ2) is 5.92. The molecule has 0 aliphatic carbocycles. The molecule has 0 heterocycles. The zero-order valence-electron chi connectivity index (χ0n) is 11.9. The van der Waals surface area contributed by atoms with Crippen LogP contribution in [0, 0.1) is 5.82 Å². The molecule has 106 valence electrons. The highest BCUT2D eigenvalue weighted by Gasteiger charge is 2.16. The van der Waals surface area contributed by atoms with Crippen molar-refractivity contribution < 1.29 is 9.13 Å². The van der Waals surface area contributed by atoms with Gasteiger partial charge in [-0.2, -0.15) is 0 Å². The Morgan fingerprint density at radius 2 is 1.90 bits per heavy atom. The topological polar surface area (TPSA) is 38.5 Å². The van der Waals surface area contributed by atoms with Gasteiger partial charge in [0.25, 0.3) is 0 Å². The minimum atomic E-state index is -0.376. The van der Waals surface area contributed by atoms with Crippen LogP contribution < -0.4 is 15.4 Å². The highest BCUT2D eigenvalue weighted by Crippen LogP contribution is 2.33. The van der Waals surface area contributed by atoms with Crippen molar-refractivity contribution in [2.75, 3.05) is 19.1 Å². The number of benzene rings is 2. The van der Waals surface area contributed by atoms with E-state index in [4.69, 9.17) is 10.5 Å². The lowest BCUT2D eigenvalue weighted by atomic mass is 10.0. The number of rotatable bonds is 4. The first-order valence-electron chi connectivity index (χ1n) is 6.46. The summed E-state index contributed by atoms with van der Waals surface area (Å²) in [4.78, 5) is 1.91. The van der Waals surface area contributed by atoms with Crippen molar-refractivity contribution in [2.45, 2.75) is 13.0 Å². The van der Waals surface area contributed by atoms with Crippen LogP contribution in [0.15, 0.2) is 42.5 Å². The van der Waals surface area contributed by atoms with E-state index in [1.54, 1.807) is 20.1 Å². The Hall–Kier alpha value is -2.07. The lowest BCUT2D eigenvalue weighted by molar-refractivity contribution is 0.415. The van der Waals surface area contributed by atoms with Crippen LogP contribution in [-0.4, -0.2) is 14.2 Å². The van der Waals surface area contributed by atoms with Gasteiger partial charge >= 0.3 is 0 Å². The predicted octanol–water partition coefficient (Wildman–Crippen LogP) is 3.62. The van der Waals surface area contributed by atoms with E-state index in [0.717, 1.165) is 17.1 Å². The van der Waals surface area contributed by atoms with E-state index in [1.165, 1.54) is 6.07 Å². The molecule has 2 aromatic rings. The Balaban J connectivity index is 2.47.